The monoisotopic (exact) mass is 312 g/mol. The summed E-state index contributed by atoms with van der Waals surface area (Å²) in [5.74, 6) is 0. The number of aliphatic hydroxyl groups is 7. The fourth-order valence-corrected chi connectivity index (χ4v) is 1.88. The van der Waals surface area contributed by atoms with Crippen molar-refractivity contribution in [1.29, 1.82) is 0 Å². The molecule has 1 aliphatic heterocycles. The average Bonchev–Trinajstić information content (AvgIpc) is 2.50. The largest absolute Gasteiger partial charge is 0.394 e. The first-order chi connectivity index (χ1) is 9.87. The van der Waals surface area contributed by atoms with E-state index in [1.165, 1.54) is 0 Å². The third kappa shape index (κ3) is 4.16. The van der Waals surface area contributed by atoms with E-state index in [9.17, 15) is 30.3 Å². The van der Waals surface area contributed by atoms with Gasteiger partial charge in [0.15, 0.2) is 12.6 Å². The minimum Gasteiger partial charge on any atom is -0.394 e. The second-order valence-corrected chi connectivity index (χ2v) is 4.67. The second-order valence-electron chi connectivity index (χ2n) is 4.67. The van der Waals surface area contributed by atoms with Gasteiger partial charge in [-0.25, -0.2) is 0 Å². The second kappa shape index (κ2) is 8.08. The summed E-state index contributed by atoms with van der Waals surface area (Å²) in [7, 11) is 0. The quantitative estimate of drug-likeness (QED) is 0.225. The molecule has 1 unspecified atom stereocenters. The van der Waals surface area contributed by atoms with Crippen LogP contribution in [-0.2, 0) is 14.3 Å². The van der Waals surface area contributed by atoms with E-state index >= 15 is 0 Å². The Bertz CT molecular complexity index is 324. The van der Waals surface area contributed by atoms with Gasteiger partial charge in [0.05, 0.1) is 13.2 Å². The Morgan fingerprint density at radius 2 is 1.71 bits per heavy atom. The lowest BCUT2D eigenvalue weighted by Crippen LogP contribution is -2.60. The first kappa shape index (κ1) is 18.4. The van der Waals surface area contributed by atoms with Gasteiger partial charge >= 0.3 is 0 Å². The molecule has 124 valence electrons. The lowest BCUT2D eigenvalue weighted by molar-refractivity contribution is -0.320. The Kier molecular flexibility index (Phi) is 7.06. The number of aldehydes is 1. The molecule has 1 fully saturated rings. The molecular weight excluding hydrogens is 292 g/mol. The summed E-state index contributed by atoms with van der Waals surface area (Å²) in [6.07, 6.45) is -12.9. The summed E-state index contributed by atoms with van der Waals surface area (Å²) in [4.78, 5) is 10.4. The molecule has 10 heteroatoms. The van der Waals surface area contributed by atoms with E-state index in [1.54, 1.807) is 0 Å². The number of carbonyl (C=O) groups is 1. The van der Waals surface area contributed by atoms with Crippen molar-refractivity contribution >= 4 is 6.29 Å². The SMILES string of the molecule is O=C[C@H](O)[C@@H](O)[C@@H](CO)OC1O[C@H](CO)[C@@H](O)[C@H](O)[C@H]1O. The van der Waals surface area contributed by atoms with Gasteiger partial charge in [0.1, 0.15) is 42.7 Å². The first-order valence-electron chi connectivity index (χ1n) is 6.25. The number of carbonyl (C=O) groups excluding carboxylic acids is 1. The molecule has 0 bridgehead atoms. The standard InChI is InChI=1S/C11H20O10/c12-1-4(15)7(16)5(2-13)20-11-10(19)9(18)8(17)6(3-14)21-11/h1,4-11,13-19H,2-3H2/t4-,5+,6+,7+,8+,9-,10+,11?/m0/s1. The molecule has 0 radical (unpaired) electrons. The maximum absolute atomic E-state index is 10.4. The van der Waals surface area contributed by atoms with E-state index in [-0.39, 0.29) is 6.29 Å². The van der Waals surface area contributed by atoms with Crippen molar-refractivity contribution < 1.29 is 50.0 Å². The van der Waals surface area contributed by atoms with Crippen molar-refractivity contribution in [3.8, 4) is 0 Å². The first-order valence-corrected chi connectivity index (χ1v) is 6.25. The molecule has 10 nitrogen and oxygen atoms in total. The number of aliphatic hydroxyl groups excluding tert-OH is 7. The van der Waals surface area contributed by atoms with Gasteiger partial charge < -0.3 is 50.0 Å². The van der Waals surface area contributed by atoms with Gasteiger partial charge in [-0.2, -0.15) is 0 Å². The lowest BCUT2D eigenvalue weighted by atomic mass is 9.99. The van der Waals surface area contributed by atoms with Crippen LogP contribution < -0.4 is 0 Å². The van der Waals surface area contributed by atoms with Crippen molar-refractivity contribution in [3.63, 3.8) is 0 Å². The van der Waals surface area contributed by atoms with Crippen LogP contribution in [0.25, 0.3) is 0 Å². The summed E-state index contributed by atoms with van der Waals surface area (Å²) in [5.41, 5.74) is 0. The summed E-state index contributed by atoms with van der Waals surface area (Å²) in [6.45, 7) is -1.49. The van der Waals surface area contributed by atoms with Crippen molar-refractivity contribution in [2.24, 2.45) is 0 Å². The van der Waals surface area contributed by atoms with E-state index in [1.807, 2.05) is 0 Å². The summed E-state index contributed by atoms with van der Waals surface area (Å²) >= 11 is 0. The number of rotatable bonds is 7. The fourth-order valence-electron chi connectivity index (χ4n) is 1.88. The fraction of sp³-hybridized carbons (Fsp3) is 0.909. The molecule has 0 aromatic carbocycles. The molecule has 0 spiro atoms. The predicted molar refractivity (Wildman–Crippen MR) is 63.8 cm³/mol. The Balaban J connectivity index is 2.76. The highest BCUT2D eigenvalue weighted by Crippen LogP contribution is 2.23. The maximum atomic E-state index is 10.4. The highest BCUT2D eigenvalue weighted by atomic mass is 16.7. The Hall–Kier alpha value is -0.690. The van der Waals surface area contributed by atoms with Crippen molar-refractivity contribution in [1.82, 2.24) is 0 Å². The zero-order valence-electron chi connectivity index (χ0n) is 11.0. The van der Waals surface area contributed by atoms with Gasteiger partial charge in [0, 0.05) is 0 Å². The molecule has 0 aromatic rings. The third-order valence-electron chi connectivity index (χ3n) is 3.21. The highest BCUT2D eigenvalue weighted by Gasteiger charge is 2.45. The van der Waals surface area contributed by atoms with Crippen LogP contribution in [0.1, 0.15) is 0 Å². The molecule has 8 atom stereocenters. The van der Waals surface area contributed by atoms with Crippen LogP contribution in [0.3, 0.4) is 0 Å². The lowest BCUT2D eigenvalue weighted by Gasteiger charge is -2.41. The molecule has 0 amide bonds. The zero-order chi connectivity index (χ0) is 16.2. The van der Waals surface area contributed by atoms with Crippen molar-refractivity contribution in [3.05, 3.63) is 0 Å². The van der Waals surface area contributed by atoms with Gasteiger partial charge in [-0.3, -0.25) is 0 Å². The van der Waals surface area contributed by atoms with E-state index in [0.717, 1.165) is 0 Å². The van der Waals surface area contributed by atoms with Crippen LogP contribution >= 0.6 is 0 Å². The third-order valence-corrected chi connectivity index (χ3v) is 3.21. The van der Waals surface area contributed by atoms with Crippen LogP contribution in [0, 0.1) is 0 Å². The van der Waals surface area contributed by atoms with E-state index in [4.69, 9.17) is 19.7 Å². The Morgan fingerprint density at radius 1 is 1.10 bits per heavy atom. The Labute approximate surface area is 119 Å². The molecule has 0 saturated carbocycles. The molecule has 0 aromatic heterocycles. The summed E-state index contributed by atoms with van der Waals surface area (Å²) in [6, 6.07) is 0. The summed E-state index contributed by atoms with van der Waals surface area (Å²) < 4.78 is 10.0. The van der Waals surface area contributed by atoms with Crippen LogP contribution in [-0.4, -0.2) is 104 Å². The number of ether oxygens (including phenoxy) is 2. The van der Waals surface area contributed by atoms with Crippen LogP contribution in [0.4, 0.5) is 0 Å². The number of hydrogen-bond donors (Lipinski definition) is 7. The normalized spacial score (nSPS) is 37.8. The maximum Gasteiger partial charge on any atom is 0.187 e. The molecule has 1 rings (SSSR count). The van der Waals surface area contributed by atoms with Crippen molar-refractivity contribution in [2.75, 3.05) is 13.2 Å². The highest BCUT2D eigenvalue weighted by molar-refractivity contribution is 5.56. The van der Waals surface area contributed by atoms with Crippen LogP contribution in [0.5, 0.6) is 0 Å². The average molecular weight is 312 g/mol. The molecule has 0 aliphatic carbocycles. The van der Waals surface area contributed by atoms with Gasteiger partial charge in [-0.15, -0.1) is 0 Å². The molecule has 21 heavy (non-hydrogen) atoms. The molecule has 7 N–H and O–H groups in total. The Morgan fingerprint density at radius 3 is 2.19 bits per heavy atom. The zero-order valence-corrected chi connectivity index (χ0v) is 11.0. The molecule has 1 heterocycles. The smallest absolute Gasteiger partial charge is 0.187 e. The molecular formula is C11H20O10. The van der Waals surface area contributed by atoms with E-state index in [0.29, 0.717) is 0 Å². The summed E-state index contributed by atoms with van der Waals surface area (Å²) in [5, 5.41) is 65.6. The predicted octanol–water partition coefficient (Wildman–Crippen LogP) is -4.92. The minimum absolute atomic E-state index is 0.0317. The van der Waals surface area contributed by atoms with Gasteiger partial charge in [0.2, 0.25) is 0 Å². The van der Waals surface area contributed by atoms with E-state index < -0.39 is 62.2 Å². The minimum atomic E-state index is -1.83. The van der Waals surface area contributed by atoms with Gasteiger partial charge in [0.25, 0.3) is 0 Å². The van der Waals surface area contributed by atoms with Crippen LogP contribution in [0.2, 0.25) is 0 Å². The van der Waals surface area contributed by atoms with Crippen LogP contribution in [0.15, 0.2) is 0 Å². The topological polar surface area (TPSA) is 177 Å². The molecule has 1 aliphatic rings. The molecule has 1 saturated heterocycles. The van der Waals surface area contributed by atoms with Gasteiger partial charge in [-0.05, 0) is 0 Å². The van der Waals surface area contributed by atoms with E-state index in [2.05, 4.69) is 0 Å². The van der Waals surface area contributed by atoms with Gasteiger partial charge in [-0.1, -0.05) is 0 Å². The van der Waals surface area contributed by atoms with Crippen molar-refractivity contribution in [2.45, 2.75) is 49.0 Å². The number of hydrogen-bond acceptors (Lipinski definition) is 10.